The Hall–Kier alpha value is -2.59. The van der Waals surface area contributed by atoms with Crippen LogP contribution >= 0.6 is 11.3 Å². The summed E-state index contributed by atoms with van der Waals surface area (Å²) >= 11 is 1.60. The summed E-state index contributed by atoms with van der Waals surface area (Å²) in [6.45, 7) is 2.87. The molecule has 1 heterocycles. The fraction of sp³-hybridized carbons (Fsp3) is 0.150. The molecule has 0 saturated heterocycles. The molecule has 24 heavy (non-hydrogen) atoms. The van der Waals surface area contributed by atoms with Crippen molar-refractivity contribution < 1.29 is 4.79 Å². The van der Waals surface area contributed by atoms with Crippen LogP contribution in [-0.2, 0) is 17.8 Å². The number of benzene rings is 2. The zero-order chi connectivity index (χ0) is 16.8. The number of thiophene rings is 1. The maximum Gasteiger partial charge on any atom is 0.229 e. The summed E-state index contributed by atoms with van der Waals surface area (Å²) in [5.74, 6) is 0.0119. The lowest BCUT2D eigenvalue weighted by atomic mass is 10.1. The van der Waals surface area contributed by atoms with Crippen LogP contribution in [0.2, 0.25) is 0 Å². The van der Waals surface area contributed by atoms with Crippen LogP contribution in [0, 0.1) is 6.92 Å². The number of hydrogen-bond donors (Lipinski definition) is 2. The maximum absolute atomic E-state index is 12.0. The zero-order valence-electron chi connectivity index (χ0n) is 13.6. The molecule has 0 aliphatic rings. The largest absolute Gasteiger partial charge is 0.381 e. The van der Waals surface area contributed by atoms with E-state index in [0.29, 0.717) is 6.42 Å². The van der Waals surface area contributed by atoms with Gasteiger partial charge in [0.25, 0.3) is 0 Å². The third-order valence-electron chi connectivity index (χ3n) is 3.70. The SMILES string of the molecule is Cc1ccc(CNc2ccc(NC(=O)Cc3cccs3)cc2)cc1. The first kappa shape index (κ1) is 16.3. The first-order chi connectivity index (χ1) is 11.7. The number of aryl methyl sites for hydroxylation is 1. The summed E-state index contributed by atoms with van der Waals surface area (Å²) < 4.78 is 0. The Morgan fingerprint density at radius 2 is 1.67 bits per heavy atom. The van der Waals surface area contributed by atoms with Crippen LogP contribution in [0.3, 0.4) is 0 Å². The van der Waals surface area contributed by atoms with Crippen LogP contribution in [0.5, 0.6) is 0 Å². The van der Waals surface area contributed by atoms with Crippen molar-refractivity contribution in [3.63, 3.8) is 0 Å². The average Bonchev–Trinajstić information content (AvgIpc) is 3.08. The van der Waals surface area contributed by atoms with Gasteiger partial charge >= 0.3 is 0 Å². The van der Waals surface area contributed by atoms with Gasteiger partial charge in [-0.2, -0.15) is 0 Å². The number of carbonyl (C=O) groups excluding carboxylic acids is 1. The van der Waals surface area contributed by atoms with E-state index in [9.17, 15) is 4.79 Å². The summed E-state index contributed by atoms with van der Waals surface area (Å²) in [5, 5.41) is 8.30. The molecule has 0 spiro atoms. The monoisotopic (exact) mass is 336 g/mol. The van der Waals surface area contributed by atoms with Crippen LogP contribution in [0.1, 0.15) is 16.0 Å². The van der Waals surface area contributed by atoms with E-state index in [4.69, 9.17) is 0 Å². The molecule has 1 aromatic heterocycles. The summed E-state index contributed by atoms with van der Waals surface area (Å²) in [4.78, 5) is 13.1. The van der Waals surface area contributed by atoms with Crippen molar-refractivity contribution in [1.82, 2.24) is 0 Å². The predicted octanol–water partition coefficient (Wildman–Crippen LogP) is 4.85. The number of nitrogens with one attached hydrogen (secondary N) is 2. The van der Waals surface area contributed by atoms with E-state index in [0.717, 1.165) is 22.8 Å². The first-order valence-corrected chi connectivity index (χ1v) is 8.79. The molecule has 0 radical (unpaired) electrons. The van der Waals surface area contributed by atoms with E-state index in [2.05, 4.69) is 41.8 Å². The molecule has 0 unspecified atom stereocenters. The lowest BCUT2D eigenvalue weighted by Crippen LogP contribution is -2.13. The highest BCUT2D eigenvalue weighted by atomic mass is 32.1. The molecule has 4 heteroatoms. The van der Waals surface area contributed by atoms with Gasteiger partial charge in [0, 0.05) is 22.8 Å². The quantitative estimate of drug-likeness (QED) is 0.675. The molecule has 0 aliphatic heterocycles. The van der Waals surface area contributed by atoms with Crippen molar-refractivity contribution in [2.45, 2.75) is 19.9 Å². The first-order valence-electron chi connectivity index (χ1n) is 7.91. The fourth-order valence-electron chi connectivity index (χ4n) is 2.36. The Labute approximate surface area is 146 Å². The lowest BCUT2D eigenvalue weighted by Gasteiger charge is -2.09. The van der Waals surface area contributed by atoms with Crippen molar-refractivity contribution in [3.8, 4) is 0 Å². The summed E-state index contributed by atoms with van der Waals surface area (Å²) in [6, 6.07) is 20.2. The highest BCUT2D eigenvalue weighted by Gasteiger charge is 2.05. The molecule has 0 atom stereocenters. The van der Waals surface area contributed by atoms with Gasteiger partial charge in [0.05, 0.1) is 6.42 Å². The third-order valence-corrected chi connectivity index (χ3v) is 4.58. The second-order valence-electron chi connectivity index (χ2n) is 5.72. The molecule has 3 aromatic rings. The van der Waals surface area contributed by atoms with Crippen molar-refractivity contribution in [2.75, 3.05) is 10.6 Å². The van der Waals surface area contributed by atoms with Gasteiger partial charge in [0.2, 0.25) is 5.91 Å². The molecular weight excluding hydrogens is 316 g/mol. The Bertz CT molecular complexity index is 778. The highest BCUT2D eigenvalue weighted by Crippen LogP contribution is 2.16. The normalized spacial score (nSPS) is 10.4. The predicted molar refractivity (Wildman–Crippen MR) is 102 cm³/mol. The Balaban J connectivity index is 1.51. The van der Waals surface area contributed by atoms with Gasteiger partial charge in [-0.25, -0.2) is 0 Å². The highest BCUT2D eigenvalue weighted by molar-refractivity contribution is 7.10. The molecule has 122 valence electrons. The van der Waals surface area contributed by atoms with E-state index in [1.165, 1.54) is 11.1 Å². The van der Waals surface area contributed by atoms with Crippen LogP contribution in [0.15, 0.2) is 66.0 Å². The Morgan fingerprint density at radius 3 is 2.33 bits per heavy atom. The summed E-state index contributed by atoms with van der Waals surface area (Å²) in [7, 11) is 0. The van der Waals surface area contributed by atoms with E-state index >= 15 is 0 Å². The van der Waals surface area contributed by atoms with Crippen LogP contribution in [0.4, 0.5) is 11.4 Å². The van der Waals surface area contributed by atoms with E-state index in [1.54, 1.807) is 11.3 Å². The maximum atomic E-state index is 12.0. The Morgan fingerprint density at radius 1 is 0.958 bits per heavy atom. The molecule has 1 amide bonds. The van der Waals surface area contributed by atoms with Crippen molar-refractivity contribution in [1.29, 1.82) is 0 Å². The molecule has 3 rings (SSSR count). The molecule has 0 saturated carbocycles. The average molecular weight is 336 g/mol. The third kappa shape index (κ3) is 4.70. The number of hydrogen-bond acceptors (Lipinski definition) is 3. The minimum absolute atomic E-state index is 0.0119. The second kappa shape index (κ2) is 7.79. The van der Waals surface area contributed by atoms with E-state index in [1.807, 2.05) is 41.8 Å². The zero-order valence-corrected chi connectivity index (χ0v) is 14.4. The number of carbonyl (C=O) groups is 1. The van der Waals surface area contributed by atoms with Gasteiger partial charge in [0.15, 0.2) is 0 Å². The van der Waals surface area contributed by atoms with Gasteiger partial charge in [-0.15, -0.1) is 11.3 Å². The second-order valence-corrected chi connectivity index (χ2v) is 6.75. The van der Waals surface area contributed by atoms with Crippen LogP contribution in [0.25, 0.3) is 0 Å². The number of anilines is 2. The summed E-state index contributed by atoms with van der Waals surface area (Å²) in [5.41, 5.74) is 4.36. The van der Waals surface area contributed by atoms with Crippen LogP contribution in [-0.4, -0.2) is 5.91 Å². The van der Waals surface area contributed by atoms with Gasteiger partial charge in [-0.05, 0) is 48.2 Å². The van der Waals surface area contributed by atoms with Crippen molar-refractivity contribution in [3.05, 3.63) is 82.0 Å². The molecular formula is C20H20N2OS. The van der Waals surface area contributed by atoms with Crippen molar-refractivity contribution >= 4 is 28.6 Å². The van der Waals surface area contributed by atoms with E-state index in [-0.39, 0.29) is 5.91 Å². The smallest absolute Gasteiger partial charge is 0.229 e. The molecule has 2 aromatic carbocycles. The fourth-order valence-corrected chi connectivity index (χ4v) is 3.06. The molecule has 0 aliphatic carbocycles. The molecule has 3 nitrogen and oxygen atoms in total. The number of amides is 1. The van der Waals surface area contributed by atoms with Gasteiger partial charge in [-0.1, -0.05) is 35.9 Å². The van der Waals surface area contributed by atoms with Gasteiger partial charge in [0.1, 0.15) is 0 Å². The molecule has 2 N–H and O–H groups in total. The van der Waals surface area contributed by atoms with Crippen molar-refractivity contribution in [2.24, 2.45) is 0 Å². The Kier molecular flexibility index (Phi) is 5.29. The topological polar surface area (TPSA) is 41.1 Å². The van der Waals surface area contributed by atoms with E-state index < -0.39 is 0 Å². The lowest BCUT2D eigenvalue weighted by molar-refractivity contribution is -0.115. The van der Waals surface area contributed by atoms with Gasteiger partial charge in [-0.3, -0.25) is 4.79 Å². The molecule has 0 bridgehead atoms. The summed E-state index contributed by atoms with van der Waals surface area (Å²) in [6.07, 6.45) is 0.422. The van der Waals surface area contributed by atoms with Gasteiger partial charge < -0.3 is 10.6 Å². The number of rotatable bonds is 6. The standard InChI is InChI=1S/C20H20N2OS/c1-15-4-6-16(7-5-15)14-21-17-8-10-18(11-9-17)22-20(23)13-19-3-2-12-24-19/h2-12,21H,13-14H2,1H3,(H,22,23). The van der Waals surface area contributed by atoms with Crippen LogP contribution < -0.4 is 10.6 Å². The minimum Gasteiger partial charge on any atom is -0.381 e. The minimum atomic E-state index is 0.0119. The molecule has 0 fully saturated rings.